The molecule has 1 amide bonds. The number of aromatic nitrogens is 2. The maximum absolute atomic E-state index is 12.9. The van der Waals surface area contributed by atoms with Gasteiger partial charge in [-0.2, -0.15) is 0 Å². The quantitative estimate of drug-likeness (QED) is 0.768. The number of nitrogens with zero attached hydrogens (tertiary/aromatic N) is 2. The number of nitrogens with one attached hydrogen (secondary N) is 1. The number of imidazole rings is 1. The zero-order chi connectivity index (χ0) is 16.9. The summed E-state index contributed by atoms with van der Waals surface area (Å²) in [6.07, 6.45) is 0.661. The molecule has 24 heavy (non-hydrogen) atoms. The van der Waals surface area contributed by atoms with Crippen molar-refractivity contribution in [3.05, 3.63) is 48.8 Å². The lowest BCUT2D eigenvalue weighted by molar-refractivity contribution is -0.122. The Morgan fingerprint density at radius 1 is 1.21 bits per heavy atom. The Hall–Kier alpha value is -2.87. The number of amides is 1. The molecule has 0 fully saturated rings. The molecule has 4 rings (SSSR count). The summed E-state index contributed by atoms with van der Waals surface area (Å²) in [4.78, 5) is 15.9. The molecule has 0 saturated carbocycles. The summed E-state index contributed by atoms with van der Waals surface area (Å²) in [7, 11) is -3.84. The van der Waals surface area contributed by atoms with Gasteiger partial charge < -0.3 is 10.1 Å². The lowest BCUT2D eigenvalue weighted by atomic mass is 10.2. The van der Waals surface area contributed by atoms with Gasteiger partial charge >= 0.3 is 0 Å². The van der Waals surface area contributed by atoms with Gasteiger partial charge in [-0.05, 0) is 37.3 Å². The van der Waals surface area contributed by atoms with Crippen molar-refractivity contribution < 1.29 is 17.9 Å². The molecule has 0 bridgehead atoms. The lowest BCUT2D eigenvalue weighted by Crippen LogP contribution is -2.34. The molecular formula is C16H13N3O4S. The molecule has 0 saturated heterocycles. The molecule has 1 atom stereocenters. The highest BCUT2D eigenvalue weighted by Gasteiger charge is 2.26. The fourth-order valence-electron chi connectivity index (χ4n) is 2.59. The van der Waals surface area contributed by atoms with Crippen LogP contribution in [0.3, 0.4) is 0 Å². The van der Waals surface area contributed by atoms with E-state index in [1.54, 1.807) is 31.2 Å². The van der Waals surface area contributed by atoms with Gasteiger partial charge in [0.25, 0.3) is 15.9 Å². The SMILES string of the molecule is CC1Oc2ccc(S(=O)(=O)n3cnc4ccccc43)cc2NC1=O. The van der Waals surface area contributed by atoms with Crippen molar-refractivity contribution in [2.45, 2.75) is 17.9 Å². The minimum Gasteiger partial charge on any atom is -0.479 e. The largest absolute Gasteiger partial charge is 0.479 e. The summed E-state index contributed by atoms with van der Waals surface area (Å²) in [5.74, 6) is 0.127. The van der Waals surface area contributed by atoms with E-state index in [0.717, 1.165) is 3.97 Å². The van der Waals surface area contributed by atoms with E-state index < -0.39 is 16.1 Å². The van der Waals surface area contributed by atoms with Crippen LogP contribution < -0.4 is 10.1 Å². The summed E-state index contributed by atoms with van der Waals surface area (Å²) in [6, 6.07) is 11.3. The van der Waals surface area contributed by atoms with Crippen LogP contribution in [0.4, 0.5) is 5.69 Å². The highest BCUT2D eigenvalue weighted by atomic mass is 32.2. The molecule has 2 aromatic carbocycles. The standard InChI is InChI=1S/C16H13N3O4S/c1-10-16(20)18-13-8-11(6-7-15(13)23-10)24(21,22)19-9-17-12-4-2-3-5-14(12)19/h2-10H,1H3,(H,18,20). The van der Waals surface area contributed by atoms with Crippen LogP contribution >= 0.6 is 0 Å². The summed E-state index contributed by atoms with van der Waals surface area (Å²) in [5, 5.41) is 2.65. The van der Waals surface area contributed by atoms with E-state index in [2.05, 4.69) is 10.3 Å². The minimum atomic E-state index is -3.84. The topological polar surface area (TPSA) is 90.3 Å². The average Bonchev–Trinajstić information content (AvgIpc) is 3.00. The van der Waals surface area contributed by atoms with Gasteiger partial charge in [-0.3, -0.25) is 4.79 Å². The highest BCUT2D eigenvalue weighted by molar-refractivity contribution is 7.90. The van der Waals surface area contributed by atoms with Crippen LogP contribution in [-0.4, -0.2) is 29.4 Å². The number of hydrogen-bond donors (Lipinski definition) is 1. The summed E-state index contributed by atoms with van der Waals surface area (Å²) in [5.41, 5.74) is 1.41. The van der Waals surface area contributed by atoms with E-state index in [1.807, 2.05) is 0 Å². The second kappa shape index (κ2) is 5.07. The predicted octanol–water partition coefficient (Wildman–Crippen LogP) is 1.99. The zero-order valence-electron chi connectivity index (χ0n) is 12.6. The number of hydrogen-bond acceptors (Lipinski definition) is 5. The number of rotatable bonds is 2. The third kappa shape index (κ3) is 2.15. The monoisotopic (exact) mass is 343 g/mol. The molecule has 1 aliphatic rings. The fraction of sp³-hybridized carbons (Fsp3) is 0.125. The first-order valence-corrected chi connectivity index (χ1v) is 8.70. The van der Waals surface area contributed by atoms with Crippen LogP contribution in [0.1, 0.15) is 6.92 Å². The first kappa shape index (κ1) is 14.7. The second-order valence-corrected chi connectivity index (χ2v) is 7.26. The number of fused-ring (bicyclic) bond motifs is 2. The van der Waals surface area contributed by atoms with Crippen LogP contribution in [0.25, 0.3) is 11.0 Å². The predicted molar refractivity (Wildman–Crippen MR) is 87.5 cm³/mol. The molecule has 1 aliphatic heterocycles. The van der Waals surface area contributed by atoms with Gasteiger partial charge in [0.1, 0.15) is 12.1 Å². The third-order valence-corrected chi connectivity index (χ3v) is 5.52. The molecular weight excluding hydrogens is 330 g/mol. The van der Waals surface area contributed by atoms with Gasteiger partial charge in [0.05, 0.1) is 21.6 Å². The summed E-state index contributed by atoms with van der Waals surface area (Å²) >= 11 is 0. The number of ether oxygens (including phenoxy) is 1. The van der Waals surface area contributed by atoms with Gasteiger partial charge in [-0.1, -0.05) is 12.1 Å². The molecule has 2 heterocycles. The number of benzene rings is 2. The van der Waals surface area contributed by atoms with Crippen LogP contribution in [-0.2, 0) is 14.8 Å². The molecule has 1 aromatic heterocycles. The molecule has 1 unspecified atom stereocenters. The third-order valence-electron chi connectivity index (χ3n) is 3.86. The Kier molecular flexibility index (Phi) is 3.10. The van der Waals surface area contributed by atoms with Crippen molar-refractivity contribution in [3.63, 3.8) is 0 Å². The Morgan fingerprint density at radius 2 is 2.00 bits per heavy atom. The normalized spacial score (nSPS) is 17.2. The van der Waals surface area contributed by atoms with Gasteiger partial charge in [-0.15, -0.1) is 0 Å². The highest BCUT2D eigenvalue weighted by Crippen LogP contribution is 2.32. The Balaban J connectivity index is 1.84. The van der Waals surface area contributed by atoms with Crippen LogP contribution in [0.15, 0.2) is 53.7 Å². The van der Waals surface area contributed by atoms with Gasteiger partial charge in [0.15, 0.2) is 6.10 Å². The lowest BCUT2D eigenvalue weighted by Gasteiger charge is -2.23. The Labute approximate surface area is 137 Å². The first-order chi connectivity index (χ1) is 11.5. The number of carbonyl (C=O) groups excluding carboxylic acids is 1. The molecule has 0 radical (unpaired) electrons. The molecule has 122 valence electrons. The van der Waals surface area contributed by atoms with E-state index in [9.17, 15) is 13.2 Å². The van der Waals surface area contributed by atoms with Crippen LogP contribution in [0, 0.1) is 0 Å². The summed E-state index contributed by atoms with van der Waals surface area (Å²) in [6.45, 7) is 1.63. The van der Waals surface area contributed by atoms with Crippen LogP contribution in [0.5, 0.6) is 5.75 Å². The van der Waals surface area contributed by atoms with E-state index >= 15 is 0 Å². The number of carbonyl (C=O) groups is 1. The molecule has 0 aliphatic carbocycles. The van der Waals surface area contributed by atoms with E-state index in [4.69, 9.17) is 4.74 Å². The number of para-hydroxylation sites is 2. The summed E-state index contributed by atoms with van der Waals surface area (Å²) < 4.78 is 32.4. The van der Waals surface area contributed by atoms with Gasteiger partial charge in [0, 0.05) is 0 Å². The van der Waals surface area contributed by atoms with Gasteiger partial charge in [-0.25, -0.2) is 17.4 Å². The Morgan fingerprint density at radius 3 is 2.83 bits per heavy atom. The molecule has 1 N–H and O–H groups in total. The van der Waals surface area contributed by atoms with Gasteiger partial charge in [0.2, 0.25) is 0 Å². The first-order valence-electron chi connectivity index (χ1n) is 7.26. The Bertz CT molecular complexity index is 1070. The van der Waals surface area contributed by atoms with E-state index in [1.165, 1.54) is 24.5 Å². The number of anilines is 1. The van der Waals surface area contributed by atoms with Crippen molar-refractivity contribution in [1.82, 2.24) is 8.96 Å². The van der Waals surface area contributed by atoms with Crippen molar-refractivity contribution >= 4 is 32.7 Å². The fourth-order valence-corrected chi connectivity index (χ4v) is 3.91. The molecule has 7 nitrogen and oxygen atoms in total. The molecule has 3 aromatic rings. The second-order valence-electron chi connectivity index (χ2n) is 5.44. The van der Waals surface area contributed by atoms with Crippen molar-refractivity contribution in [3.8, 4) is 5.75 Å². The maximum atomic E-state index is 12.9. The minimum absolute atomic E-state index is 0.0443. The molecule has 0 spiro atoms. The van der Waals surface area contributed by atoms with Crippen molar-refractivity contribution in [2.75, 3.05) is 5.32 Å². The zero-order valence-corrected chi connectivity index (χ0v) is 13.4. The average molecular weight is 343 g/mol. The van der Waals surface area contributed by atoms with E-state index in [0.29, 0.717) is 22.5 Å². The maximum Gasteiger partial charge on any atom is 0.269 e. The van der Waals surface area contributed by atoms with Crippen molar-refractivity contribution in [1.29, 1.82) is 0 Å². The smallest absolute Gasteiger partial charge is 0.269 e. The van der Waals surface area contributed by atoms with E-state index in [-0.39, 0.29) is 10.8 Å². The molecule has 8 heteroatoms. The van der Waals surface area contributed by atoms with Crippen LogP contribution in [0.2, 0.25) is 0 Å². The van der Waals surface area contributed by atoms with Crippen molar-refractivity contribution in [2.24, 2.45) is 0 Å².